The van der Waals surface area contributed by atoms with E-state index in [9.17, 15) is 4.79 Å². The fourth-order valence-corrected chi connectivity index (χ4v) is 2.52. The van der Waals surface area contributed by atoms with Gasteiger partial charge in [0.2, 0.25) is 0 Å². The van der Waals surface area contributed by atoms with Crippen molar-refractivity contribution >= 4 is 5.97 Å². The molecule has 0 heterocycles. The third-order valence-electron chi connectivity index (χ3n) is 3.11. The van der Waals surface area contributed by atoms with Crippen molar-refractivity contribution in [3.8, 4) is 0 Å². The summed E-state index contributed by atoms with van der Waals surface area (Å²) in [5, 5.41) is 8.85. The van der Waals surface area contributed by atoms with Gasteiger partial charge in [-0.1, -0.05) is 5.57 Å². The van der Waals surface area contributed by atoms with Crippen LogP contribution in [0.3, 0.4) is 0 Å². The van der Waals surface area contributed by atoms with E-state index in [-0.39, 0.29) is 0 Å². The summed E-state index contributed by atoms with van der Waals surface area (Å²) in [5.41, 5.74) is 1.87. The van der Waals surface area contributed by atoms with Crippen LogP contribution in [-0.2, 0) is 4.79 Å². The molecule has 0 unspecified atom stereocenters. The summed E-state index contributed by atoms with van der Waals surface area (Å²) in [6.07, 6.45) is 3.42. The van der Waals surface area contributed by atoms with E-state index in [1.807, 2.05) is 6.92 Å². The number of allylic oxidation sites excluding steroid dienone is 1. The van der Waals surface area contributed by atoms with Crippen molar-refractivity contribution in [2.24, 2.45) is 11.8 Å². The smallest absolute Gasteiger partial charge is 0.331 e. The molecule has 2 aliphatic carbocycles. The normalized spacial score (nSPS) is 35.0. The lowest BCUT2D eigenvalue weighted by atomic mass is 9.93. The first kappa shape index (κ1) is 6.89. The molecule has 0 aromatic carbocycles. The van der Waals surface area contributed by atoms with Gasteiger partial charge in [0.1, 0.15) is 0 Å². The Morgan fingerprint density at radius 2 is 2.09 bits per heavy atom. The molecule has 2 atom stereocenters. The van der Waals surface area contributed by atoms with Gasteiger partial charge in [-0.15, -0.1) is 0 Å². The molecule has 2 heteroatoms. The largest absolute Gasteiger partial charge is 0.478 e. The Balaban J connectivity index is 2.37. The summed E-state index contributed by atoms with van der Waals surface area (Å²) < 4.78 is 0. The monoisotopic (exact) mass is 152 g/mol. The summed E-state index contributed by atoms with van der Waals surface area (Å²) in [4.78, 5) is 10.7. The highest BCUT2D eigenvalue weighted by Gasteiger charge is 2.39. The molecule has 1 N–H and O–H groups in total. The van der Waals surface area contributed by atoms with E-state index in [1.165, 1.54) is 6.42 Å². The molecule has 0 aromatic rings. The van der Waals surface area contributed by atoms with Crippen molar-refractivity contribution in [3.05, 3.63) is 11.1 Å². The van der Waals surface area contributed by atoms with Gasteiger partial charge in [-0.25, -0.2) is 4.79 Å². The number of carboxylic acids is 1. The Bertz CT molecular complexity index is 240. The standard InChI is InChI=1S/C9H12O2/c1-5-6-2-3-7(4-6)8(5)9(10)11/h6-7H,2-4H2,1H3,(H,10,11)/t6-,7+/m1/s1. The van der Waals surface area contributed by atoms with E-state index < -0.39 is 5.97 Å². The van der Waals surface area contributed by atoms with Crippen LogP contribution in [0.1, 0.15) is 26.2 Å². The van der Waals surface area contributed by atoms with Crippen LogP contribution < -0.4 is 0 Å². The quantitative estimate of drug-likeness (QED) is 0.622. The minimum atomic E-state index is -0.685. The molecule has 0 amide bonds. The molecule has 0 aliphatic heterocycles. The van der Waals surface area contributed by atoms with Crippen molar-refractivity contribution in [1.29, 1.82) is 0 Å². The van der Waals surface area contributed by atoms with E-state index in [1.54, 1.807) is 0 Å². The topological polar surface area (TPSA) is 37.3 Å². The van der Waals surface area contributed by atoms with E-state index in [0.717, 1.165) is 24.0 Å². The summed E-state index contributed by atoms with van der Waals surface area (Å²) in [6, 6.07) is 0. The molecule has 2 bridgehead atoms. The van der Waals surface area contributed by atoms with Gasteiger partial charge >= 0.3 is 5.97 Å². The lowest BCUT2D eigenvalue weighted by Crippen LogP contribution is -2.10. The SMILES string of the molecule is CC1=C(C(=O)O)[C@H]2CC[C@@H]1C2. The second-order valence-electron chi connectivity index (χ2n) is 3.61. The number of hydrogen-bond donors (Lipinski definition) is 1. The highest BCUT2D eigenvalue weighted by Crippen LogP contribution is 2.48. The predicted molar refractivity (Wildman–Crippen MR) is 41.2 cm³/mol. The van der Waals surface area contributed by atoms with Crippen molar-refractivity contribution in [1.82, 2.24) is 0 Å². The molecule has 0 spiro atoms. The number of hydrogen-bond acceptors (Lipinski definition) is 1. The van der Waals surface area contributed by atoms with Crippen LogP contribution in [0.15, 0.2) is 11.1 Å². The third kappa shape index (κ3) is 0.817. The highest BCUT2D eigenvalue weighted by atomic mass is 16.4. The van der Waals surface area contributed by atoms with Crippen LogP contribution in [0.25, 0.3) is 0 Å². The van der Waals surface area contributed by atoms with Crippen LogP contribution in [-0.4, -0.2) is 11.1 Å². The average molecular weight is 152 g/mol. The zero-order chi connectivity index (χ0) is 8.01. The molecule has 2 aliphatic rings. The summed E-state index contributed by atoms with van der Waals surface area (Å²) in [6.45, 7) is 1.98. The molecule has 1 saturated carbocycles. The Hall–Kier alpha value is -0.790. The van der Waals surface area contributed by atoms with Crippen molar-refractivity contribution in [2.75, 3.05) is 0 Å². The fraction of sp³-hybridized carbons (Fsp3) is 0.667. The number of aliphatic carboxylic acids is 1. The third-order valence-corrected chi connectivity index (χ3v) is 3.11. The van der Waals surface area contributed by atoms with Gasteiger partial charge in [0.05, 0.1) is 0 Å². The molecule has 1 fully saturated rings. The summed E-state index contributed by atoms with van der Waals surface area (Å²) in [5.74, 6) is 0.304. The second kappa shape index (κ2) is 2.10. The number of rotatable bonds is 1. The van der Waals surface area contributed by atoms with Gasteiger partial charge in [-0.05, 0) is 38.0 Å². The lowest BCUT2D eigenvalue weighted by molar-refractivity contribution is -0.133. The first-order valence-electron chi connectivity index (χ1n) is 4.14. The number of carboxylic acid groups (broad SMARTS) is 1. The Morgan fingerprint density at radius 3 is 2.45 bits per heavy atom. The molecular weight excluding hydrogens is 140 g/mol. The molecule has 0 saturated heterocycles. The van der Waals surface area contributed by atoms with Crippen LogP contribution in [0, 0.1) is 11.8 Å². The Labute approximate surface area is 65.9 Å². The molecule has 11 heavy (non-hydrogen) atoms. The first-order chi connectivity index (χ1) is 5.20. The predicted octanol–water partition coefficient (Wildman–Crippen LogP) is 1.82. The summed E-state index contributed by atoms with van der Waals surface area (Å²) in [7, 11) is 0. The molecule has 2 nitrogen and oxygen atoms in total. The van der Waals surface area contributed by atoms with E-state index >= 15 is 0 Å². The van der Waals surface area contributed by atoms with Gasteiger partial charge in [-0.3, -0.25) is 0 Å². The highest BCUT2D eigenvalue weighted by molar-refractivity contribution is 5.89. The van der Waals surface area contributed by atoms with Gasteiger partial charge in [0.15, 0.2) is 0 Å². The maximum Gasteiger partial charge on any atom is 0.331 e. The van der Waals surface area contributed by atoms with Gasteiger partial charge in [0, 0.05) is 5.57 Å². The van der Waals surface area contributed by atoms with Crippen molar-refractivity contribution < 1.29 is 9.90 Å². The van der Waals surface area contributed by atoms with E-state index in [2.05, 4.69) is 0 Å². The first-order valence-corrected chi connectivity index (χ1v) is 4.14. The number of carbonyl (C=O) groups is 1. The fourth-order valence-electron chi connectivity index (χ4n) is 2.52. The molecule has 60 valence electrons. The molecule has 0 radical (unpaired) electrons. The molecular formula is C9H12O2. The van der Waals surface area contributed by atoms with E-state index in [4.69, 9.17) is 5.11 Å². The number of fused-ring (bicyclic) bond motifs is 2. The van der Waals surface area contributed by atoms with Crippen LogP contribution in [0.2, 0.25) is 0 Å². The van der Waals surface area contributed by atoms with Crippen molar-refractivity contribution in [3.63, 3.8) is 0 Å². The minimum absolute atomic E-state index is 0.387. The molecule has 2 rings (SSSR count). The Morgan fingerprint density at radius 1 is 1.45 bits per heavy atom. The zero-order valence-corrected chi connectivity index (χ0v) is 6.63. The second-order valence-corrected chi connectivity index (χ2v) is 3.61. The minimum Gasteiger partial charge on any atom is -0.478 e. The van der Waals surface area contributed by atoms with Crippen LogP contribution >= 0.6 is 0 Å². The van der Waals surface area contributed by atoms with Crippen LogP contribution in [0.4, 0.5) is 0 Å². The van der Waals surface area contributed by atoms with Crippen molar-refractivity contribution in [2.45, 2.75) is 26.2 Å². The lowest BCUT2D eigenvalue weighted by Gasteiger charge is -2.12. The maximum atomic E-state index is 10.7. The van der Waals surface area contributed by atoms with Gasteiger partial charge in [-0.2, -0.15) is 0 Å². The zero-order valence-electron chi connectivity index (χ0n) is 6.63. The van der Waals surface area contributed by atoms with Crippen LogP contribution in [0.5, 0.6) is 0 Å². The van der Waals surface area contributed by atoms with E-state index in [0.29, 0.717) is 11.8 Å². The van der Waals surface area contributed by atoms with Gasteiger partial charge < -0.3 is 5.11 Å². The average Bonchev–Trinajstić information content (AvgIpc) is 2.44. The van der Waals surface area contributed by atoms with Gasteiger partial charge in [0.25, 0.3) is 0 Å². The summed E-state index contributed by atoms with van der Waals surface area (Å²) >= 11 is 0. The Kier molecular flexibility index (Phi) is 1.31. The maximum absolute atomic E-state index is 10.7. The molecule has 0 aromatic heterocycles.